The fourth-order valence-electron chi connectivity index (χ4n) is 1.49. The highest BCUT2D eigenvalue weighted by atomic mass is 32.2. The summed E-state index contributed by atoms with van der Waals surface area (Å²) in [7, 11) is -2.53. The molecule has 106 valence electrons. The largest absolute Gasteiger partial charge is 0.478 e. The molecule has 2 rings (SSSR count). The number of benzene rings is 1. The monoisotopic (exact) mass is 315 g/mol. The third kappa shape index (κ3) is 2.66. The number of carboxylic acid groups (broad SMARTS) is 1. The highest BCUT2D eigenvalue weighted by molar-refractivity contribution is 7.94. The zero-order valence-corrected chi connectivity index (χ0v) is 11.9. The average molecular weight is 315 g/mol. The molecule has 0 amide bonds. The number of rotatable bonds is 4. The second-order valence-electron chi connectivity index (χ2n) is 3.91. The molecule has 0 aliphatic rings. The van der Waals surface area contributed by atoms with Crippen molar-refractivity contribution in [3.8, 4) is 0 Å². The fraction of sp³-hybridized carbons (Fsp3) is 0.0833. The van der Waals surface area contributed by atoms with E-state index in [1.54, 1.807) is 0 Å². The zero-order valence-electron chi connectivity index (χ0n) is 10.3. The zero-order chi connectivity index (χ0) is 14.9. The molecule has 0 bridgehead atoms. The lowest BCUT2D eigenvalue weighted by Gasteiger charge is -2.18. The van der Waals surface area contributed by atoms with Crippen molar-refractivity contribution in [2.45, 2.75) is 4.21 Å². The van der Waals surface area contributed by atoms with E-state index >= 15 is 0 Å². The summed E-state index contributed by atoms with van der Waals surface area (Å²) in [6.07, 6.45) is 0. The maximum atomic E-state index is 12.8. The van der Waals surface area contributed by atoms with Crippen molar-refractivity contribution in [1.29, 1.82) is 0 Å². The number of nitrogens with zero attached hydrogens (tertiary/aromatic N) is 1. The summed E-state index contributed by atoms with van der Waals surface area (Å²) in [5, 5.41) is 10.1. The molecular formula is C12H10FNO4S2. The summed E-state index contributed by atoms with van der Waals surface area (Å²) >= 11 is 0.826. The Morgan fingerprint density at radius 2 is 1.90 bits per heavy atom. The van der Waals surface area contributed by atoms with E-state index in [0.29, 0.717) is 0 Å². The average Bonchev–Trinajstić information content (AvgIpc) is 2.89. The van der Waals surface area contributed by atoms with Crippen molar-refractivity contribution in [2.24, 2.45) is 0 Å². The van der Waals surface area contributed by atoms with Gasteiger partial charge in [0.2, 0.25) is 0 Å². The van der Waals surface area contributed by atoms with Gasteiger partial charge < -0.3 is 5.11 Å². The molecule has 2 aromatic rings. The second kappa shape index (κ2) is 5.22. The van der Waals surface area contributed by atoms with Crippen molar-refractivity contribution >= 4 is 33.0 Å². The number of carboxylic acids is 1. The van der Waals surface area contributed by atoms with Gasteiger partial charge in [0, 0.05) is 12.4 Å². The van der Waals surface area contributed by atoms with Gasteiger partial charge in [0.25, 0.3) is 10.0 Å². The maximum Gasteiger partial charge on any atom is 0.336 e. The molecule has 0 aliphatic carbocycles. The maximum absolute atomic E-state index is 12.8. The molecule has 0 radical (unpaired) electrons. The second-order valence-corrected chi connectivity index (χ2v) is 7.02. The first-order valence-corrected chi connectivity index (χ1v) is 7.70. The first-order chi connectivity index (χ1) is 9.32. The van der Waals surface area contributed by atoms with Crippen molar-refractivity contribution in [3.63, 3.8) is 0 Å². The molecule has 0 fully saturated rings. The summed E-state index contributed by atoms with van der Waals surface area (Å²) in [5.41, 5.74) is 0.206. The van der Waals surface area contributed by atoms with Crippen LogP contribution in [0.3, 0.4) is 0 Å². The van der Waals surface area contributed by atoms with Gasteiger partial charge in [-0.3, -0.25) is 4.31 Å². The van der Waals surface area contributed by atoms with Crippen LogP contribution in [0.4, 0.5) is 10.1 Å². The number of carbonyl (C=O) groups is 1. The van der Waals surface area contributed by atoms with Crippen LogP contribution in [0.25, 0.3) is 0 Å². The van der Waals surface area contributed by atoms with E-state index in [1.165, 1.54) is 24.6 Å². The smallest absolute Gasteiger partial charge is 0.336 e. The lowest BCUT2D eigenvalue weighted by molar-refractivity contribution is 0.0697. The van der Waals surface area contributed by atoms with Crippen LogP contribution in [-0.2, 0) is 10.0 Å². The summed E-state index contributed by atoms with van der Waals surface area (Å²) in [6, 6.07) is 6.07. The van der Waals surface area contributed by atoms with Crippen LogP contribution in [0.1, 0.15) is 10.4 Å². The van der Waals surface area contributed by atoms with E-state index in [9.17, 15) is 17.6 Å². The summed E-state index contributed by atoms with van der Waals surface area (Å²) in [6.45, 7) is 0. The number of halogens is 1. The topological polar surface area (TPSA) is 74.7 Å². The van der Waals surface area contributed by atoms with Gasteiger partial charge in [0.15, 0.2) is 0 Å². The van der Waals surface area contributed by atoms with Crippen LogP contribution in [0, 0.1) is 5.82 Å². The van der Waals surface area contributed by atoms with E-state index in [2.05, 4.69) is 0 Å². The highest BCUT2D eigenvalue weighted by Gasteiger charge is 2.24. The van der Waals surface area contributed by atoms with Crippen LogP contribution in [0.15, 0.2) is 39.9 Å². The first-order valence-electron chi connectivity index (χ1n) is 5.38. The van der Waals surface area contributed by atoms with Gasteiger partial charge in [0.05, 0.1) is 11.3 Å². The minimum atomic E-state index is -3.85. The van der Waals surface area contributed by atoms with Crippen molar-refractivity contribution in [1.82, 2.24) is 0 Å². The Labute approximate surface area is 119 Å². The molecule has 1 heterocycles. The number of aromatic carboxylic acids is 1. The van der Waals surface area contributed by atoms with Crippen LogP contribution in [-0.4, -0.2) is 26.5 Å². The molecule has 5 nitrogen and oxygen atoms in total. The van der Waals surface area contributed by atoms with Crippen molar-refractivity contribution in [3.05, 3.63) is 47.1 Å². The molecule has 20 heavy (non-hydrogen) atoms. The van der Waals surface area contributed by atoms with Gasteiger partial charge in [-0.2, -0.15) is 0 Å². The van der Waals surface area contributed by atoms with Crippen LogP contribution >= 0.6 is 11.3 Å². The molecule has 0 aliphatic heterocycles. The Kier molecular flexibility index (Phi) is 3.78. The van der Waals surface area contributed by atoms with E-state index in [1.807, 2.05) is 0 Å². The fourth-order valence-corrected chi connectivity index (χ4v) is 4.01. The quantitative estimate of drug-likeness (QED) is 0.940. The molecule has 0 saturated carbocycles. The first kappa shape index (κ1) is 14.5. The Morgan fingerprint density at radius 1 is 1.30 bits per heavy atom. The third-order valence-corrected chi connectivity index (χ3v) is 5.83. The molecule has 1 aromatic carbocycles. The number of hydrogen-bond acceptors (Lipinski definition) is 4. The lowest BCUT2D eigenvalue weighted by Crippen LogP contribution is -2.25. The molecule has 1 aromatic heterocycles. The van der Waals surface area contributed by atoms with Gasteiger partial charge in [-0.05, 0) is 30.3 Å². The Hall–Kier alpha value is -1.93. The van der Waals surface area contributed by atoms with Crippen molar-refractivity contribution < 1.29 is 22.7 Å². The van der Waals surface area contributed by atoms with E-state index < -0.39 is 21.8 Å². The number of thiophene rings is 1. The van der Waals surface area contributed by atoms with Crippen LogP contribution in [0.2, 0.25) is 0 Å². The van der Waals surface area contributed by atoms with E-state index in [-0.39, 0.29) is 15.5 Å². The van der Waals surface area contributed by atoms with Crippen molar-refractivity contribution in [2.75, 3.05) is 11.4 Å². The minimum Gasteiger partial charge on any atom is -0.478 e. The van der Waals surface area contributed by atoms with Crippen LogP contribution < -0.4 is 4.31 Å². The molecule has 0 unspecified atom stereocenters. The van der Waals surface area contributed by atoms with Gasteiger partial charge in [0.1, 0.15) is 10.0 Å². The highest BCUT2D eigenvalue weighted by Crippen LogP contribution is 2.27. The molecular weight excluding hydrogens is 305 g/mol. The SMILES string of the molecule is CN(c1ccc(F)cc1)S(=O)(=O)c1cc(C(=O)O)cs1. The number of hydrogen-bond donors (Lipinski definition) is 1. The predicted octanol–water partition coefficient (Wildman–Crippen LogP) is 2.41. The van der Waals surface area contributed by atoms with E-state index in [0.717, 1.165) is 33.8 Å². The summed E-state index contributed by atoms with van der Waals surface area (Å²) < 4.78 is 38.3. The Balaban J connectivity index is 2.38. The van der Waals surface area contributed by atoms with Crippen LogP contribution in [0.5, 0.6) is 0 Å². The van der Waals surface area contributed by atoms with Gasteiger partial charge >= 0.3 is 5.97 Å². The Bertz CT molecular complexity index is 737. The lowest BCUT2D eigenvalue weighted by atomic mass is 10.3. The molecule has 0 atom stereocenters. The van der Waals surface area contributed by atoms with Gasteiger partial charge in [-0.1, -0.05) is 0 Å². The summed E-state index contributed by atoms with van der Waals surface area (Å²) in [4.78, 5) is 10.8. The number of sulfonamides is 1. The molecule has 0 saturated heterocycles. The number of anilines is 1. The van der Waals surface area contributed by atoms with Gasteiger partial charge in [-0.25, -0.2) is 17.6 Å². The third-order valence-electron chi connectivity index (χ3n) is 2.63. The predicted molar refractivity (Wildman–Crippen MR) is 73.3 cm³/mol. The molecule has 8 heteroatoms. The Morgan fingerprint density at radius 3 is 2.40 bits per heavy atom. The van der Waals surface area contributed by atoms with E-state index in [4.69, 9.17) is 5.11 Å². The summed E-state index contributed by atoms with van der Waals surface area (Å²) in [5.74, 6) is -1.66. The minimum absolute atomic E-state index is 0.0817. The molecule has 1 N–H and O–H groups in total. The standard InChI is InChI=1S/C12H10FNO4S2/c1-14(10-4-2-9(13)3-5-10)20(17,18)11-6-8(7-19-11)12(15)16/h2-7H,1H3,(H,15,16). The van der Waals surface area contributed by atoms with Gasteiger partial charge in [-0.15, -0.1) is 11.3 Å². The molecule has 0 spiro atoms. The normalized spacial score (nSPS) is 11.3.